The molecule has 14 heavy (non-hydrogen) atoms. The molecular formula is C12H27BN+. The summed E-state index contributed by atoms with van der Waals surface area (Å²) in [5.74, 6) is 0. The Balaban J connectivity index is 3.89. The zero-order valence-electron chi connectivity index (χ0n) is 10.4. The fraction of sp³-hybridized carbons (Fsp3) is 1.00. The second-order valence-corrected chi connectivity index (χ2v) is 4.45. The molecule has 0 heterocycles. The SMILES string of the molecule is [B][N+](CCCC)(CCCC)CCCC. The molecule has 82 valence electrons. The van der Waals surface area contributed by atoms with Crippen LogP contribution in [0.25, 0.3) is 0 Å². The van der Waals surface area contributed by atoms with Crippen LogP contribution in [0.2, 0.25) is 0 Å². The molecule has 0 aliphatic carbocycles. The maximum atomic E-state index is 6.39. The molecule has 0 unspecified atom stereocenters. The lowest BCUT2D eigenvalue weighted by molar-refractivity contribution is -0.818. The van der Waals surface area contributed by atoms with Gasteiger partial charge in [0.1, 0.15) is 0 Å². The summed E-state index contributed by atoms with van der Waals surface area (Å²) < 4.78 is 0.815. The number of rotatable bonds is 9. The van der Waals surface area contributed by atoms with E-state index in [1.165, 1.54) is 38.5 Å². The Labute approximate surface area is 91.9 Å². The van der Waals surface area contributed by atoms with Crippen molar-refractivity contribution in [2.75, 3.05) is 19.6 Å². The van der Waals surface area contributed by atoms with Gasteiger partial charge < -0.3 is 4.39 Å². The smallest absolute Gasteiger partial charge is 0.397 e. The largest absolute Gasteiger partial charge is 0.481 e. The van der Waals surface area contributed by atoms with Gasteiger partial charge in [-0.1, -0.05) is 40.0 Å². The van der Waals surface area contributed by atoms with Crippen molar-refractivity contribution in [3.63, 3.8) is 0 Å². The summed E-state index contributed by atoms with van der Waals surface area (Å²) in [5.41, 5.74) is 0. The van der Waals surface area contributed by atoms with Crippen LogP contribution in [-0.2, 0) is 0 Å². The normalized spacial score (nSPS) is 11.9. The van der Waals surface area contributed by atoms with Gasteiger partial charge in [0.2, 0.25) is 0 Å². The fourth-order valence-corrected chi connectivity index (χ4v) is 1.75. The number of hydrogen-bond acceptors (Lipinski definition) is 0. The standard InChI is InChI=1S/C12H27BN/c1-4-7-10-14(13,11-8-5-2)12-9-6-3/h4-12H2,1-3H3/q+1. The molecule has 0 spiro atoms. The summed E-state index contributed by atoms with van der Waals surface area (Å²) in [6.07, 6.45) is 7.58. The highest BCUT2D eigenvalue weighted by atomic mass is 15.3. The minimum Gasteiger partial charge on any atom is -0.397 e. The van der Waals surface area contributed by atoms with Gasteiger partial charge in [-0.15, -0.1) is 0 Å². The highest BCUT2D eigenvalue weighted by Gasteiger charge is 2.19. The minimum absolute atomic E-state index is 0.815. The van der Waals surface area contributed by atoms with E-state index in [4.69, 9.17) is 7.98 Å². The molecule has 1 nitrogen and oxygen atoms in total. The van der Waals surface area contributed by atoms with Gasteiger partial charge >= 0.3 is 7.98 Å². The van der Waals surface area contributed by atoms with Gasteiger partial charge in [0.15, 0.2) is 0 Å². The van der Waals surface area contributed by atoms with Gasteiger partial charge in [0.05, 0.1) is 19.6 Å². The molecule has 0 N–H and O–H groups in total. The van der Waals surface area contributed by atoms with Crippen LogP contribution < -0.4 is 0 Å². The summed E-state index contributed by atoms with van der Waals surface area (Å²) >= 11 is 0. The molecule has 0 rings (SSSR count). The first kappa shape index (κ1) is 14.0. The summed E-state index contributed by atoms with van der Waals surface area (Å²) in [6.45, 7) is 10.2. The van der Waals surface area contributed by atoms with Crippen LogP contribution in [0.1, 0.15) is 59.3 Å². The van der Waals surface area contributed by atoms with Gasteiger partial charge in [-0.25, -0.2) is 0 Å². The molecule has 0 aliphatic rings. The molecule has 0 bridgehead atoms. The zero-order valence-corrected chi connectivity index (χ0v) is 10.4. The van der Waals surface area contributed by atoms with Crippen LogP contribution >= 0.6 is 0 Å². The monoisotopic (exact) mass is 196 g/mol. The molecular weight excluding hydrogens is 169 g/mol. The Morgan fingerprint density at radius 1 is 0.714 bits per heavy atom. The fourth-order valence-electron chi connectivity index (χ4n) is 1.75. The summed E-state index contributed by atoms with van der Waals surface area (Å²) in [5, 5.41) is 0. The van der Waals surface area contributed by atoms with Crippen LogP contribution in [0.3, 0.4) is 0 Å². The minimum atomic E-state index is 0.815. The first-order chi connectivity index (χ1) is 6.68. The Morgan fingerprint density at radius 2 is 1.00 bits per heavy atom. The molecule has 0 aromatic heterocycles. The topological polar surface area (TPSA) is 0 Å². The quantitative estimate of drug-likeness (QED) is 0.496. The van der Waals surface area contributed by atoms with Crippen molar-refractivity contribution in [2.24, 2.45) is 0 Å². The summed E-state index contributed by atoms with van der Waals surface area (Å²) in [7, 11) is 6.39. The van der Waals surface area contributed by atoms with Gasteiger partial charge in [-0.05, 0) is 19.3 Å². The van der Waals surface area contributed by atoms with Crippen LogP contribution in [0, 0.1) is 0 Å². The molecule has 0 fully saturated rings. The van der Waals surface area contributed by atoms with E-state index in [9.17, 15) is 0 Å². The number of unbranched alkanes of at least 4 members (excludes halogenated alkanes) is 3. The van der Waals surface area contributed by atoms with E-state index < -0.39 is 0 Å². The molecule has 0 aromatic rings. The van der Waals surface area contributed by atoms with Gasteiger partial charge in [0.25, 0.3) is 0 Å². The second-order valence-electron chi connectivity index (χ2n) is 4.45. The molecule has 0 atom stereocenters. The molecule has 0 aromatic carbocycles. The third-order valence-corrected chi connectivity index (χ3v) is 2.87. The Bertz CT molecular complexity index is 104. The van der Waals surface area contributed by atoms with Gasteiger partial charge in [-0.3, -0.25) is 0 Å². The third kappa shape index (κ3) is 6.47. The first-order valence-electron chi connectivity index (χ1n) is 6.33. The molecule has 2 heteroatoms. The maximum absolute atomic E-state index is 6.39. The van der Waals surface area contributed by atoms with Crippen molar-refractivity contribution in [1.82, 2.24) is 0 Å². The Kier molecular flexibility index (Phi) is 8.36. The average Bonchev–Trinajstić information content (AvgIpc) is 2.21. The third-order valence-electron chi connectivity index (χ3n) is 2.87. The lowest BCUT2D eigenvalue weighted by atomic mass is 10.1. The van der Waals surface area contributed by atoms with E-state index in [2.05, 4.69) is 20.8 Å². The van der Waals surface area contributed by atoms with Crippen molar-refractivity contribution in [1.29, 1.82) is 0 Å². The van der Waals surface area contributed by atoms with Crippen molar-refractivity contribution < 1.29 is 4.39 Å². The second kappa shape index (κ2) is 8.34. The van der Waals surface area contributed by atoms with Crippen molar-refractivity contribution >= 4 is 7.98 Å². The maximum Gasteiger partial charge on any atom is 0.481 e. The molecule has 0 amide bonds. The zero-order chi connectivity index (χ0) is 10.9. The first-order valence-corrected chi connectivity index (χ1v) is 6.33. The Morgan fingerprint density at radius 3 is 1.21 bits per heavy atom. The summed E-state index contributed by atoms with van der Waals surface area (Å²) in [6, 6.07) is 0. The lowest BCUT2D eigenvalue weighted by Crippen LogP contribution is -2.47. The predicted molar refractivity (Wildman–Crippen MR) is 65.3 cm³/mol. The molecule has 0 saturated carbocycles. The van der Waals surface area contributed by atoms with E-state index in [1.807, 2.05) is 0 Å². The van der Waals surface area contributed by atoms with Gasteiger partial charge in [-0.2, -0.15) is 0 Å². The number of quaternary nitrogens is 1. The van der Waals surface area contributed by atoms with Crippen molar-refractivity contribution in [3.8, 4) is 0 Å². The van der Waals surface area contributed by atoms with Crippen molar-refractivity contribution in [3.05, 3.63) is 0 Å². The van der Waals surface area contributed by atoms with Crippen molar-refractivity contribution in [2.45, 2.75) is 59.3 Å². The highest BCUT2D eigenvalue weighted by Crippen LogP contribution is 2.09. The van der Waals surface area contributed by atoms with E-state index in [0.29, 0.717) is 0 Å². The Hall–Kier alpha value is 0.0249. The van der Waals surface area contributed by atoms with E-state index >= 15 is 0 Å². The number of nitrogens with zero attached hydrogens (tertiary/aromatic N) is 1. The molecule has 0 aliphatic heterocycles. The van der Waals surface area contributed by atoms with Crippen LogP contribution in [0.5, 0.6) is 0 Å². The summed E-state index contributed by atoms with van der Waals surface area (Å²) in [4.78, 5) is 0. The number of hydrogen-bond donors (Lipinski definition) is 0. The molecule has 2 radical (unpaired) electrons. The van der Waals surface area contributed by atoms with Crippen LogP contribution in [0.4, 0.5) is 0 Å². The van der Waals surface area contributed by atoms with E-state index in [0.717, 1.165) is 24.0 Å². The van der Waals surface area contributed by atoms with Gasteiger partial charge in [0, 0.05) is 0 Å². The van der Waals surface area contributed by atoms with Crippen LogP contribution in [0.15, 0.2) is 0 Å². The predicted octanol–water partition coefficient (Wildman–Crippen LogP) is 3.29. The van der Waals surface area contributed by atoms with E-state index in [-0.39, 0.29) is 0 Å². The molecule has 0 saturated heterocycles. The lowest BCUT2D eigenvalue weighted by Gasteiger charge is -2.36. The van der Waals surface area contributed by atoms with E-state index in [1.54, 1.807) is 0 Å². The average molecular weight is 196 g/mol. The highest BCUT2D eigenvalue weighted by molar-refractivity contribution is 5.97. The van der Waals surface area contributed by atoms with Crippen LogP contribution in [-0.4, -0.2) is 32.0 Å².